The van der Waals surface area contributed by atoms with E-state index in [2.05, 4.69) is 10.6 Å². The second-order valence-corrected chi connectivity index (χ2v) is 7.40. The minimum atomic E-state index is -0.774. The quantitative estimate of drug-likeness (QED) is 0.550. The summed E-state index contributed by atoms with van der Waals surface area (Å²) in [6.07, 6.45) is 1.47. The Labute approximate surface area is 185 Å². The number of benzene rings is 3. The van der Waals surface area contributed by atoms with Gasteiger partial charge >= 0.3 is 0 Å². The molecule has 5 nitrogen and oxygen atoms in total. The first-order chi connectivity index (χ1) is 15.2. The molecular weight excluding hydrogens is 412 g/mol. The summed E-state index contributed by atoms with van der Waals surface area (Å²) < 4.78 is 27.9. The maximum absolute atomic E-state index is 14.0. The molecule has 2 amide bonds. The third kappa shape index (κ3) is 5.57. The summed E-state index contributed by atoms with van der Waals surface area (Å²) in [4.78, 5) is 27.5. The number of carbonyl (C=O) groups excluding carboxylic acids is 2. The van der Waals surface area contributed by atoms with E-state index in [9.17, 15) is 18.4 Å². The topological polar surface area (TPSA) is 61.4 Å². The Morgan fingerprint density at radius 3 is 2.22 bits per heavy atom. The first kappa shape index (κ1) is 22.7. The van der Waals surface area contributed by atoms with Gasteiger partial charge in [-0.3, -0.25) is 9.59 Å². The van der Waals surface area contributed by atoms with Gasteiger partial charge in [0.1, 0.15) is 17.3 Å². The number of aryl methyl sites for hydroxylation is 1. The molecule has 2 N–H and O–H groups in total. The first-order valence-corrected chi connectivity index (χ1v) is 9.87. The lowest BCUT2D eigenvalue weighted by molar-refractivity contribution is -0.113. The van der Waals surface area contributed by atoms with Crippen molar-refractivity contribution in [1.29, 1.82) is 0 Å². The number of hydrogen-bond donors (Lipinski definition) is 2. The van der Waals surface area contributed by atoms with Crippen molar-refractivity contribution >= 4 is 29.3 Å². The van der Waals surface area contributed by atoms with Gasteiger partial charge in [-0.2, -0.15) is 0 Å². The van der Waals surface area contributed by atoms with Crippen LogP contribution in [0.3, 0.4) is 0 Å². The molecule has 3 rings (SSSR count). The molecule has 32 heavy (non-hydrogen) atoms. The van der Waals surface area contributed by atoms with Crippen LogP contribution in [0.1, 0.15) is 21.5 Å². The van der Waals surface area contributed by atoms with Gasteiger partial charge in [0.05, 0.1) is 5.56 Å². The van der Waals surface area contributed by atoms with Crippen LogP contribution in [0, 0.1) is 18.6 Å². The van der Waals surface area contributed by atoms with Crippen molar-refractivity contribution in [2.75, 3.05) is 24.3 Å². The van der Waals surface area contributed by atoms with Gasteiger partial charge in [-0.25, -0.2) is 8.78 Å². The third-order valence-corrected chi connectivity index (χ3v) is 4.76. The minimum absolute atomic E-state index is 0.114. The lowest BCUT2D eigenvalue weighted by Gasteiger charge is -2.14. The number of nitrogens with zero attached hydrogens (tertiary/aromatic N) is 1. The van der Waals surface area contributed by atoms with Gasteiger partial charge in [0.15, 0.2) is 0 Å². The first-order valence-electron chi connectivity index (χ1n) is 9.87. The number of rotatable bonds is 6. The molecule has 0 saturated heterocycles. The fourth-order valence-electron chi connectivity index (χ4n) is 2.90. The van der Waals surface area contributed by atoms with Crippen LogP contribution in [0.15, 0.2) is 72.4 Å². The normalized spacial score (nSPS) is 11.1. The van der Waals surface area contributed by atoms with E-state index in [-0.39, 0.29) is 16.9 Å². The summed E-state index contributed by atoms with van der Waals surface area (Å²) in [6, 6.07) is 17.0. The molecule has 0 spiro atoms. The van der Waals surface area contributed by atoms with Gasteiger partial charge in [0.2, 0.25) is 0 Å². The number of anilines is 2. The highest BCUT2D eigenvalue weighted by atomic mass is 19.1. The van der Waals surface area contributed by atoms with Crippen molar-refractivity contribution in [3.63, 3.8) is 0 Å². The van der Waals surface area contributed by atoms with Crippen LogP contribution < -0.4 is 15.5 Å². The van der Waals surface area contributed by atoms with E-state index in [0.29, 0.717) is 11.1 Å². The second kappa shape index (κ2) is 9.87. The molecule has 0 bridgehead atoms. The molecule has 0 aliphatic heterocycles. The summed E-state index contributed by atoms with van der Waals surface area (Å²) in [5, 5.41) is 5.04. The molecule has 0 aliphatic rings. The van der Waals surface area contributed by atoms with E-state index in [1.165, 1.54) is 36.4 Å². The summed E-state index contributed by atoms with van der Waals surface area (Å²) in [5.41, 5.74) is 1.95. The number of carbonyl (C=O) groups is 2. The van der Waals surface area contributed by atoms with Gasteiger partial charge in [-0.05, 0) is 60.5 Å². The average Bonchev–Trinajstić information content (AvgIpc) is 2.76. The minimum Gasteiger partial charge on any atom is -0.378 e. The predicted molar refractivity (Wildman–Crippen MR) is 122 cm³/mol. The second-order valence-electron chi connectivity index (χ2n) is 7.40. The van der Waals surface area contributed by atoms with Crippen LogP contribution in [-0.2, 0) is 4.79 Å². The average molecular weight is 435 g/mol. The van der Waals surface area contributed by atoms with E-state index >= 15 is 0 Å². The number of amides is 2. The zero-order valence-electron chi connectivity index (χ0n) is 17.9. The van der Waals surface area contributed by atoms with Gasteiger partial charge in [-0.15, -0.1) is 0 Å². The summed E-state index contributed by atoms with van der Waals surface area (Å²) in [7, 11) is 3.80. The molecule has 0 aliphatic carbocycles. The van der Waals surface area contributed by atoms with Crippen molar-refractivity contribution in [3.8, 4) is 0 Å². The summed E-state index contributed by atoms with van der Waals surface area (Å²) in [5.74, 6) is -2.62. The van der Waals surface area contributed by atoms with Crippen LogP contribution in [0.25, 0.3) is 6.08 Å². The highest BCUT2D eigenvalue weighted by molar-refractivity contribution is 6.10. The molecular formula is C25H23F2N3O2. The number of halogens is 2. The standard InChI is InChI=1S/C25H23F2N3O2/c1-16-8-11-18(15-22(16)27)28-25(32)23(14-17-9-12-19(13-10-17)30(2)3)29-24(31)20-6-4-5-7-21(20)26/h4-15H,1-3H3,(H,28,32)(H,29,31). The zero-order chi connectivity index (χ0) is 23.3. The van der Waals surface area contributed by atoms with Gasteiger partial charge in [0, 0.05) is 25.5 Å². The monoisotopic (exact) mass is 435 g/mol. The van der Waals surface area contributed by atoms with E-state index < -0.39 is 23.4 Å². The van der Waals surface area contributed by atoms with Crippen LogP contribution in [0.4, 0.5) is 20.2 Å². The van der Waals surface area contributed by atoms with Crippen molar-refractivity contribution in [1.82, 2.24) is 5.32 Å². The van der Waals surface area contributed by atoms with Gasteiger partial charge < -0.3 is 15.5 Å². The lowest BCUT2D eigenvalue weighted by Crippen LogP contribution is -2.31. The molecule has 0 radical (unpaired) electrons. The van der Waals surface area contributed by atoms with Gasteiger partial charge in [-0.1, -0.05) is 30.3 Å². The fourth-order valence-corrected chi connectivity index (χ4v) is 2.90. The van der Waals surface area contributed by atoms with Gasteiger partial charge in [0.25, 0.3) is 11.8 Å². The van der Waals surface area contributed by atoms with Crippen molar-refractivity contribution in [3.05, 3.63) is 101 Å². The van der Waals surface area contributed by atoms with Crippen molar-refractivity contribution in [2.24, 2.45) is 0 Å². The molecule has 3 aromatic rings. The highest BCUT2D eigenvalue weighted by Gasteiger charge is 2.17. The Kier molecular flexibility index (Phi) is 7.00. The molecule has 0 atom stereocenters. The number of hydrogen-bond acceptors (Lipinski definition) is 3. The van der Waals surface area contributed by atoms with Crippen LogP contribution in [-0.4, -0.2) is 25.9 Å². The summed E-state index contributed by atoms with van der Waals surface area (Å²) >= 11 is 0. The molecule has 0 aromatic heterocycles. The lowest BCUT2D eigenvalue weighted by atomic mass is 10.1. The summed E-state index contributed by atoms with van der Waals surface area (Å²) in [6.45, 7) is 1.61. The molecule has 0 saturated carbocycles. The Morgan fingerprint density at radius 2 is 1.59 bits per heavy atom. The van der Waals surface area contributed by atoms with E-state index in [1.807, 2.05) is 31.1 Å². The van der Waals surface area contributed by atoms with Crippen LogP contribution in [0.5, 0.6) is 0 Å². The fraction of sp³-hybridized carbons (Fsp3) is 0.120. The molecule has 164 valence electrons. The third-order valence-electron chi connectivity index (χ3n) is 4.76. The highest BCUT2D eigenvalue weighted by Crippen LogP contribution is 2.17. The van der Waals surface area contributed by atoms with Crippen LogP contribution in [0.2, 0.25) is 0 Å². The Morgan fingerprint density at radius 1 is 0.906 bits per heavy atom. The smallest absolute Gasteiger partial charge is 0.272 e. The molecule has 0 heterocycles. The van der Waals surface area contributed by atoms with E-state index in [0.717, 1.165) is 11.8 Å². The molecule has 7 heteroatoms. The Hall–Kier alpha value is -4.00. The van der Waals surface area contributed by atoms with E-state index in [4.69, 9.17) is 0 Å². The maximum Gasteiger partial charge on any atom is 0.272 e. The Bertz CT molecular complexity index is 1170. The SMILES string of the molecule is Cc1ccc(NC(=O)C(=Cc2ccc(N(C)C)cc2)NC(=O)c2ccccc2F)cc1F. The number of nitrogens with one attached hydrogen (secondary N) is 2. The molecule has 0 unspecified atom stereocenters. The molecule has 3 aromatic carbocycles. The Balaban J connectivity index is 1.92. The van der Waals surface area contributed by atoms with Crippen LogP contribution >= 0.6 is 0 Å². The van der Waals surface area contributed by atoms with Crippen molar-refractivity contribution in [2.45, 2.75) is 6.92 Å². The van der Waals surface area contributed by atoms with Crippen molar-refractivity contribution < 1.29 is 18.4 Å². The largest absolute Gasteiger partial charge is 0.378 e. The van der Waals surface area contributed by atoms with E-state index in [1.54, 1.807) is 25.1 Å². The maximum atomic E-state index is 14.0. The molecule has 0 fully saturated rings. The predicted octanol–water partition coefficient (Wildman–Crippen LogP) is 4.75. The zero-order valence-corrected chi connectivity index (χ0v) is 17.9.